The highest BCUT2D eigenvalue weighted by molar-refractivity contribution is 5.66. The molecule has 21 heavy (non-hydrogen) atoms. The summed E-state index contributed by atoms with van der Waals surface area (Å²) in [6.07, 6.45) is 1.88. The number of para-hydroxylation sites is 1. The van der Waals surface area contributed by atoms with Gasteiger partial charge >= 0.3 is 0 Å². The quantitative estimate of drug-likeness (QED) is 0.385. The Morgan fingerprint density at radius 3 is 2.57 bits per heavy atom. The van der Waals surface area contributed by atoms with Crippen molar-refractivity contribution in [3.8, 4) is 0 Å². The number of hydrogen-bond acceptors (Lipinski definition) is 5. The highest BCUT2D eigenvalue weighted by Crippen LogP contribution is 2.28. The molecule has 0 bridgehead atoms. The molecule has 0 radical (unpaired) electrons. The second kappa shape index (κ2) is 10.1. The summed E-state index contributed by atoms with van der Waals surface area (Å²) in [7, 11) is 0. The Bertz CT molecular complexity index is 438. The molecule has 6 heteroatoms. The van der Waals surface area contributed by atoms with Crippen LogP contribution in [0.25, 0.3) is 0 Å². The van der Waals surface area contributed by atoms with Crippen LogP contribution in [0, 0.1) is 10.1 Å². The summed E-state index contributed by atoms with van der Waals surface area (Å²) < 4.78 is 10.9. The first-order valence-electron chi connectivity index (χ1n) is 7.36. The third-order valence-electron chi connectivity index (χ3n) is 2.86. The van der Waals surface area contributed by atoms with Gasteiger partial charge in [-0.25, -0.2) is 0 Å². The summed E-state index contributed by atoms with van der Waals surface area (Å²) >= 11 is 0. The lowest BCUT2D eigenvalue weighted by Crippen LogP contribution is -2.09. The van der Waals surface area contributed by atoms with Crippen molar-refractivity contribution < 1.29 is 14.4 Å². The van der Waals surface area contributed by atoms with Crippen molar-refractivity contribution in [3.63, 3.8) is 0 Å². The molecule has 0 aliphatic rings. The van der Waals surface area contributed by atoms with Crippen molar-refractivity contribution in [2.45, 2.75) is 33.3 Å². The molecule has 0 amide bonds. The normalized spacial score (nSPS) is 10.6. The highest BCUT2D eigenvalue weighted by atomic mass is 16.6. The van der Waals surface area contributed by atoms with Crippen LogP contribution in [0.2, 0.25) is 0 Å². The van der Waals surface area contributed by atoms with Crippen LogP contribution in [0.1, 0.15) is 32.3 Å². The molecule has 0 spiro atoms. The van der Waals surface area contributed by atoms with Crippen LogP contribution >= 0.6 is 0 Å². The lowest BCUT2D eigenvalue weighted by Gasteiger charge is -2.12. The molecule has 0 unspecified atom stereocenters. The van der Waals surface area contributed by atoms with E-state index in [-0.39, 0.29) is 10.6 Å². The SMILES string of the molecule is CCCNc1c(COCCOCCC)cccc1[N+](=O)[O-]. The number of nitrogens with zero attached hydrogens (tertiary/aromatic N) is 1. The Kier molecular flexibility index (Phi) is 8.38. The monoisotopic (exact) mass is 296 g/mol. The van der Waals surface area contributed by atoms with E-state index >= 15 is 0 Å². The first-order chi connectivity index (χ1) is 10.2. The molecule has 6 nitrogen and oxygen atoms in total. The van der Waals surface area contributed by atoms with Crippen LogP contribution in [0.3, 0.4) is 0 Å². The fraction of sp³-hybridized carbons (Fsp3) is 0.600. The van der Waals surface area contributed by atoms with Gasteiger partial charge in [0.15, 0.2) is 0 Å². The molecule has 1 aromatic carbocycles. The van der Waals surface area contributed by atoms with Gasteiger partial charge < -0.3 is 14.8 Å². The molecule has 1 rings (SSSR count). The minimum absolute atomic E-state index is 0.0896. The predicted octanol–water partition coefficient (Wildman–Crippen LogP) is 3.36. The highest BCUT2D eigenvalue weighted by Gasteiger charge is 2.16. The van der Waals surface area contributed by atoms with Gasteiger partial charge in [-0.1, -0.05) is 26.0 Å². The van der Waals surface area contributed by atoms with Crippen LogP contribution in [-0.2, 0) is 16.1 Å². The summed E-state index contributed by atoms with van der Waals surface area (Å²) in [5, 5.41) is 14.2. The van der Waals surface area contributed by atoms with Gasteiger partial charge in [-0.15, -0.1) is 0 Å². The number of nitro groups is 1. The Morgan fingerprint density at radius 1 is 1.14 bits per heavy atom. The maximum Gasteiger partial charge on any atom is 0.292 e. The number of nitro benzene ring substituents is 1. The first kappa shape index (κ1) is 17.4. The van der Waals surface area contributed by atoms with Gasteiger partial charge in [-0.3, -0.25) is 10.1 Å². The zero-order chi connectivity index (χ0) is 15.5. The average molecular weight is 296 g/mol. The van der Waals surface area contributed by atoms with Crippen molar-refractivity contribution >= 4 is 11.4 Å². The fourth-order valence-corrected chi connectivity index (χ4v) is 1.86. The van der Waals surface area contributed by atoms with E-state index in [1.54, 1.807) is 6.07 Å². The van der Waals surface area contributed by atoms with Gasteiger partial charge in [0, 0.05) is 24.8 Å². The molecular formula is C15H24N2O4. The Hall–Kier alpha value is -1.66. The largest absolute Gasteiger partial charge is 0.379 e. The van der Waals surface area contributed by atoms with Gasteiger partial charge in [0.25, 0.3) is 5.69 Å². The second-order valence-corrected chi connectivity index (χ2v) is 4.66. The molecule has 0 fully saturated rings. The van der Waals surface area contributed by atoms with Crippen LogP contribution in [0.5, 0.6) is 0 Å². The van der Waals surface area contributed by atoms with Gasteiger partial charge in [-0.05, 0) is 12.8 Å². The number of anilines is 1. The van der Waals surface area contributed by atoms with Crippen molar-refractivity contribution in [2.24, 2.45) is 0 Å². The van der Waals surface area contributed by atoms with Gasteiger partial charge in [0.2, 0.25) is 0 Å². The lowest BCUT2D eigenvalue weighted by atomic mass is 10.1. The minimum Gasteiger partial charge on any atom is -0.379 e. The van der Waals surface area contributed by atoms with Gasteiger partial charge in [0.1, 0.15) is 5.69 Å². The summed E-state index contributed by atoms with van der Waals surface area (Å²) in [5.41, 5.74) is 1.44. The molecule has 118 valence electrons. The van der Waals surface area contributed by atoms with Crippen molar-refractivity contribution in [3.05, 3.63) is 33.9 Å². The van der Waals surface area contributed by atoms with E-state index in [2.05, 4.69) is 12.2 Å². The number of hydrogen-bond donors (Lipinski definition) is 1. The molecule has 0 aliphatic carbocycles. The number of benzene rings is 1. The maximum atomic E-state index is 11.1. The molecule has 1 N–H and O–H groups in total. The van der Waals surface area contributed by atoms with E-state index in [1.165, 1.54) is 6.07 Å². The molecule has 0 aliphatic heterocycles. The van der Waals surface area contributed by atoms with E-state index in [0.29, 0.717) is 32.1 Å². The molecular weight excluding hydrogens is 272 g/mol. The molecule has 1 aromatic rings. The van der Waals surface area contributed by atoms with Crippen LogP contribution in [0.15, 0.2) is 18.2 Å². The predicted molar refractivity (Wildman–Crippen MR) is 82.6 cm³/mol. The topological polar surface area (TPSA) is 73.6 Å². The van der Waals surface area contributed by atoms with Crippen molar-refractivity contribution in [1.29, 1.82) is 0 Å². The molecule has 0 atom stereocenters. The van der Waals surface area contributed by atoms with Gasteiger partial charge in [-0.2, -0.15) is 0 Å². The van der Waals surface area contributed by atoms with Crippen LogP contribution in [0.4, 0.5) is 11.4 Å². The summed E-state index contributed by atoms with van der Waals surface area (Å²) in [4.78, 5) is 10.7. The average Bonchev–Trinajstić information content (AvgIpc) is 2.48. The Labute approximate surface area is 125 Å². The zero-order valence-corrected chi connectivity index (χ0v) is 12.8. The van der Waals surface area contributed by atoms with Crippen molar-refractivity contribution in [1.82, 2.24) is 0 Å². The second-order valence-electron chi connectivity index (χ2n) is 4.66. The van der Waals surface area contributed by atoms with Gasteiger partial charge in [0.05, 0.1) is 24.7 Å². The maximum absolute atomic E-state index is 11.1. The molecule has 0 saturated carbocycles. The minimum atomic E-state index is -0.369. The summed E-state index contributed by atoms with van der Waals surface area (Å²) in [6.45, 7) is 6.85. The lowest BCUT2D eigenvalue weighted by molar-refractivity contribution is -0.384. The Balaban J connectivity index is 2.62. The first-order valence-corrected chi connectivity index (χ1v) is 7.36. The smallest absolute Gasteiger partial charge is 0.292 e. The van der Waals surface area contributed by atoms with Crippen molar-refractivity contribution in [2.75, 3.05) is 31.7 Å². The number of ether oxygens (including phenoxy) is 2. The third kappa shape index (κ3) is 6.10. The zero-order valence-electron chi connectivity index (χ0n) is 12.8. The van der Waals surface area contributed by atoms with E-state index in [1.807, 2.05) is 13.0 Å². The van der Waals surface area contributed by atoms with E-state index in [9.17, 15) is 10.1 Å². The van der Waals surface area contributed by atoms with Crippen LogP contribution < -0.4 is 5.32 Å². The third-order valence-corrected chi connectivity index (χ3v) is 2.86. The number of rotatable bonds is 11. The standard InChI is InChI=1S/C15H24N2O4/c1-3-8-16-15-13(6-5-7-14(15)17(18)19)12-21-11-10-20-9-4-2/h5-7,16H,3-4,8-12H2,1-2H3. The fourth-order valence-electron chi connectivity index (χ4n) is 1.86. The van der Waals surface area contributed by atoms with Crippen LogP contribution in [-0.4, -0.2) is 31.3 Å². The molecule has 0 heterocycles. The van der Waals surface area contributed by atoms with E-state index in [4.69, 9.17) is 9.47 Å². The Morgan fingerprint density at radius 2 is 1.90 bits per heavy atom. The molecule has 0 saturated heterocycles. The van der Waals surface area contributed by atoms with E-state index < -0.39 is 0 Å². The number of nitrogens with one attached hydrogen (secondary N) is 1. The summed E-state index contributed by atoms with van der Waals surface area (Å²) in [5.74, 6) is 0. The summed E-state index contributed by atoms with van der Waals surface area (Å²) in [6, 6.07) is 5.03. The molecule has 0 aromatic heterocycles. The van der Waals surface area contributed by atoms with E-state index in [0.717, 1.165) is 25.0 Å².